The number of hydrogen-bond donors (Lipinski definition) is 2. The Bertz CT molecular complexity index is 1200. The van der Waals surface area contributed by atoms with E-state index in [1.165, 1.54) is 13.0 Å². The Hall–Kier alpha value is -4.46. The lowest BCUT2D eigenvalue weighted by molar-refractivity contribution is -0.116. The molecule has 0 spiro atoms. The van der Waals surface area contributed by atoms with E-state index in [4.69, 9.17) is 9.47 Å². The van der Waals surface area contributed by atoms with Crippen molar-refractivity contribution in [1.29, 1.82) is 0 Å². The van der Waals surface area contributed by atoms with Crippen molar-refractivity contribution in [1.82, 2.24) is 0 Å². The molecule has 0 aliphatic heterocycles. The molecule has 180 valence electrons. The molecule has 0 bridgehead atoms. The number of benzene rings is 3. The summed E-state index contributed by atoms with van der Waals surface area (Å²) in [6.45, 7) is 0.928. The van der Waals surface area contributed by atoms with Gasteiger partial charge in [0, 0.05) is 24.6 Å². The van der Waals surface area contributed by atoms with Crippen LogP contribution in [0.4, 0.5) is 11.4 Å². The zero-order valence-corrected chi connectivity index (χ0v) is 19.5. The Morgan fingerprint density at radius 1 is 0.829 bits per heavy atom. The Balaban J connectivity index is 1.55. The Labute approximate surface area is 203 Å². The number of rotatable bonds is 10. The van der Waals surface area contributed by atoms with Crippen LogP contribution in [0.3, 0.4) is 0 Å². The SMILES string of the molecule is COc1ccc(CCC(=O)Nc2ccccc2C(=O)OCC(=O)c2ccc(NC(C)=O)cc2)cc1. The summed E-state index contributed by atoms with van der Waals surface area (Å²) in [5, 5.41) is 5.35. The first-order valence-electron chi connectivity index (χ1n) is 11.0. The van der Waals surface area contributed by atoms with Gasteiger partial charge in [0.25, 0.3) is 0 Å². The minimum Gasteiger partial charge on any atom is -0.497 e. The maximum atomic E-state index is 12.6. The molecule has 3 aromatic carbocycles. The quantitative estimate of drug-likeness (QED) is 0.335. The predicted octanol–water partition coefficient (Wildman–Crippen LogP) is 4.26. The number of nitrogens with one attached hydrogen (secondary N) is 2. The van der Waals surface area contributed by atoms with Gasteiger partial charge in [-0.1, -0.05) is 24.3 Å². The second kappa shape index (κ2) is 12.1. The molecular formula is C27H26N2O6. The van der Waals surface area contributed by atoms with Gasteiger partial charge in [-0.05, 0) is 60.5 Å². The van der Waals surface area contributed by atoms with Gasteiger partial charge in [0.1, 0.15) is 5.75 Å². The molecule has 0 heterocycles. The van der Waals surface area contributed by atoms with Crippen molar-refractivity contribution in [2.45, 2.75) is 19.8 Å². The molecule has 0 saturated heterocycles. The lowest BCUT2D eigenvalue weighted by atomic mass is 10.1. The van der Waals surface area contributed by atoms with E-state index in [1.54, 1.807) is 49.6 Å². The Morgan fingerprint density at radius 2 is 1.51 bits per heavy atom. The number of ketones is 1. The van der Waals surface area contributed by atoms with E-state index in [0.29, 0.717) is 23.4 Å². The minimum atomic E-state index is -0.723. The van der Waals surface area contributed by atoms with Crippen molar-refractivity contribution >= 4 is 34.9 Å². The molecule has 2 N–H and O–H groups in total. The van der Waals surface area contributed by atoms with E-state index in [2.05, 4.69) is 10.6 Å². The monoisotopic (exact) mass is 474 g/mol. The maximum absolute atomic E-state index is 12.6. The molecule has 35 heavy (non-hydrogen) atoms. The molecule has 0 fully saturated rings. The van der Waals surface area contributed by atoms with Gasteiger partial charge in [-0.15, -0.1) is 0 Å². The highest BCUT2D eigenvalue weighted by molar-refractivity contribution is 6.03. The van der Waals surface area contributed by atoms with Crippen LogP contribution >= 0.6 is 0 Å². The molecular weight excluding hydrogens is 448 g/mol. The van der Waals surface area contributed by atoms with Crippen molar-refractivity contribution in [2.75, 3.05) is 24.4 Å². The topological polar surface area (TPSA) is 111 Å². The van der Waals surface area contributed by atoms with Crippen molar-refractivity contribution < 1.29 is 28.7 Å². The molecule has 8 nitrogen and oxygen atoms in total. The number of hydrogen-bond acceptors (Lipinski definition) is 6. The van der Waals surface area contributed by atoms with Gasteiger partial charge in [0.05, 0.1) is 18.4 Å². The lowest BCUT2D eigenvalue weighted by Crippen LogP contribution is -2.18. The molecule has 0 atom stereocenters. The molecule has 0 unspecified atom stereocenters. The van der Waals surface area contributed by atoms with Gasteiger partial charge in [0.15, 0.2) is 12.4 Å². The summed E-state index contributed by atoms with van der Waals surface area (Å²) in [7, 11) is 1.59. The van der Waals surface area contributed by atoms with Crippen LogP contribution in [0.1, 0.15) is 39.6 Å². The number of esters is 1. The Morgan fingerprint density at radius 3 is 2.17 bits per heavy atom. The van der Waals surface area contributed by atoms with Gasteiger partial charge in [-0.25, -0.2) is 4.79 Å². The van der Waals surface area contributed by atoms with Crippen LogP contribution in [0.25, 0.3) is 0 Å². The largest absolute Gasteiger partial charge is 0.497 e. The molecule has 0 saturated carbocycles. The third kappa shape index (κ3) is 7.53. The molecule has 8 heteroatoms. The number of amides is 2. The Kier molecular flexibility index (Phi) is 8.72. The first-order valence-corrected chi connectivity index (χ1v) is 11.0. The molecule has 2 amide bonds. The smallest absolute Gasteiger partial charge is 0.340 e. The molecule has 0 radical (unpaired) electrons. The molecule has 0 aromatic heterocycles. The van der Waals surface area contributed by atoms with E-state index < -0.39 is 18.4 Å². The predicted molar refractivity (Wildman–Crippen MR) is 132 cm³/mol. The third-order valence-corrected chi connectivity index (χ3v) is 5.08. The molecule has 0 aliphatic rings. The second-order valence-electron chi connectivity index (χ2n) is 7.70. The van der Waals surface area contributed by atoms with E-state index in [-0.39, 0.29) is 23.8 Å². The van der Waals surface area contributed by atoms with Crippen LogP contribution in [-0.2, 0) is 20.7 Å². The van der Waals surface area contributed by atoms with Gasteiger partial charge >= 0.3 is 5.97 Å². The number of anilines is 2. The summed E-state index contributed by atoms with van der Waals surface area (Å²) in [6, 6.07) is 20.2. The number of methoxy groups -OCH3 is 1. The van der Waals surface area contributed by atoms with Crippen LogP contribution < -0.4 is 15.4 Å². The van der Waals surface area contributed by atoms with Crippen molar-refractivity contribution in [3.8, 4) is 5.75 Å². The highest BCUT2D eigenvalue weighted by Crippen LogP contribution is 2.18. The van der Waals surface area contributed by atoms with Gasteiger partial charge in [-0.2, -0.15) is 0 Å². The zero-order valence-electron chi connectivity index (χ0n) is 19.5. The van der Waals surface area contributed by atoms with Crippen molar-refractivity contribution in [3.63, 3.8) is 0 Å². The fourth-order valence-electron chi connectivity index (χ4n) is 3.27. The van der Waals surface area contributed by atoms with Crippen LogP contribution in [-0.4, -0.2) is 37.3 Å². The second-order valence-corrected chi connectivity index (χ2v) is 7.70. The minimum absolute atomic E-state index is 0.152. The summed E-state index contributed by atoms with van der Waals surface area (Å²) in [5.74, 6) is -0.847. The number of Topliss-reactive ketones (excluding diaryl/α,β-unsaturated/α-hetero) is 1. The zero-order chi connectivity index (χ0) is 25.2. The first-order chi connectivity index (χ1) is 16.9. The third-order valence-electron chi connectivity index (χ3n) is 5.08. The first kappa shape index (κ1) is 25.2. The number of carbonyl (C=O) groups excluding carboxylic acids is 4. The normalized spacial score (nSPS) is 10.2. The molecule has 3 rings (SSSR count). The lowest BCUT2D eigenvalue weighted by Gasteiger charge is -2.11. The van der Waals surface area contributed by atoms with Crippen molar-refractivity contribution in [3.05, 3.63) is 89.5 Å². The summed E-state index contributed by atoms with van der Waals surface area (Å²) in [5.41, 5.74) is 2.34. The average molecular weight is 475 g/mol. The van der Waals surface area contributed by atoms with Gasteiger partial charge in [-0.3, -0.25) is 14.4 Å². The highest BCUT2D eigenvalue weighted by Gasteiger charge is 2.17. The fourth-order valence-corrected chi connectivity index (χ4v) is 3.27. The van der Waals surface area contributed by atoms with Gasteiger partial charge in [0.2, 0.25) is 11.8 Å². The fraction of sp³-hybridized carbons (Fsp3) is 0.185. The molecule has 3 aromatic rings. The van der Waals surface area contributed by atoms with Crippen LogP contribution in [0.2, 0.25) is 0 Å². The number of carbonyl (C=O) groups is 4. The standard InChI is InChI=1S/C27H26N2O6/c1-18(30)28-21-12-10-20(11-13-21)25(31)17-35-27(33)23-5-3-4-6-24(23)29-26(32)16-9-19-7-14-22(34-2)15-8-19/h3-8,10-15H,9,16-17H2,1-2H3,(H,28,30)(H,29,32). The van der Waals surface area contributed by atoms with Crippen LogP contribution in [0.5, 0.6) is 5.75 Å². The van der Waals surface area contributed by atoms with E-state index in [1.807, 2.05) is 24.3 Å². The van der Waals surface area contributed by atoms with E-state index >= 15 is 0 Å². The summed E-state index contributed by atoms with van der Waals surface area (Å²) in [4.78, 5) is 48.6. The van der Waals surface area contributed by atoms with E-state index in [9.17, 15) is 19.2 Å². The van der Waals surface area contributed by atoms with Crippen molar-refractivity contribution in [2.24, 2.45) is 0 Å². The maximum Gasteiger partial charge on any atom is 0.340 e. The number of aryl methyl sites for hydroxylation is 1. The van der Waals surface area contributed by atoms with E-state index in [0.717, 1.165) is 11.3 Å². The highest BCUT2D eigenvalue weighted by atomic mass is 16.5. The summed E-state index contributed by atoms with van der Waals surface area (Å²) >= 11 is 0. The summed E-state index contributed by atoms with van der Waals surface area (Å²) < 4.78 is 10.3. The molecule has 0 aliphatic carbocycles. The van der Waals surface area contributed by atoms with Crippen LogP contribution in [0.15, 0.2) is 72.8 Å². The van der Waals surface area contributed by atoms with Crippen LogP contribution in [0, 0.1) is 0 Å². The van der Waals surface area contributed by atoms with Gasteiger partial charge < -0.3 is 20.1 Å². The average Bonchev–Trinajstić information content (AvgIpc) is 2.86. The number of para-hydroxylation sites is 1. The summed E-state index contributed by atoms with van der Waals surface area (Å²) in [6.07, 6.45) is 0.750. The number of ether oxygens (including phenoxy) is 2.